The number of ketones is 1. The molecule has 0 radical (unpaired) electrons. The van der Waals surface area contributed by atoms with Gasteiger partial charge in [-0.25, -0.2) is 4.98 Å². The molecule has 2 heterocycles. The second-order valence-electron chi connectivity index (χ2n) is 8.57. The normalized spacial score (nSPS) is 17.1. The number of aliphatic hydroxyl groups excluding tert-OH is 1. The summed E-state index contributed by atoms with van der Waals surface area (Å²) in [6, 6.07) is 17.0. The number of fused-ring (bicyclic) bond motifs is 1. The predicted octanol–water partition coefficient (Wildman–Crippen LogP) is 5.56. The van der Waals surface area contributed by atoms with Gasteiger partial charge in [0.15, 0.2) is 16.6 Å². The first kappa shape index (κ1) is 23.6. The van der Waals surface area contributed by atoms with Crippen molar-refractivity contribution < 1.29 is 24.2 Å². The molecule has 0 aliphatic carbocycles. The van der Waals surface area contributed by atoms with Gasteiger partial charge in [0.25, 0.3) is 5.78 Å². The fraction of sp³-hybridized carbons (Fsp3) is 0.179. The Morgan fingerprint density at radius 2 is 1.69 bits per heavy atom. The van der Waals surface area contributed by atoms with Gasteiger partial charge in [0.05, 0.1) is 36.1 Å². The van der Waals surface area contributed by atoms with Crippen LogP contribution in [0.15, 0.2) is 66.2 Å². The smallest absolute Gasteiger partial charge is 0.301 e. The monoisotopic (exact) mass is 500 g/mol. The van der Waals surface area contributed by atoms with Gasteiger partial charge in [-0.15, -0.1) is 0 Å². The number of methoxy groups -OCH3 is 2. The van der Waals surface area contributed by atoms with Crippen LogP contribution in [-0.4, -0.2) is 36.0 Å². The third-order valence-corrected chi connectivity index (χ3v) is 7.24. The molecule has 4 aromatic rings. The zero-order valence-electron chi connectivity index (χ0n) is 20.2. The number of carbonyl (C=O) groups is 2. The molecule has 5 rings (SSSR count). The average Bonchev–Trinajstić information content (AvgIpc) is 3.42. The molecule has 1 aliphatic heterocycles. The van der Waals surface area contributed by atoms with Crippen molar-refractivity contribution in [2.45, 2.75) is 19.9 Å². The van der Waals surface area contributed by atoms with E-state index in [1.54, 1.807) is 42.5 Å². The van der Waals surface area contributed by atoms with Crippen molar-refractivity contribution in [2.24, 2.45) is 0 Å². The number of benzene rings is 3. The molecule has 1 aromatic heterocycles. The second kappa shape index (κ2) is 9.13. The Labute approximate surface area is 212 Å². The summed E-state index contributed by atoms with van der Waals surface area (Å²) in [6.07, 6.45) is 0. The lowest BCUT2D eigenvalue weighted by Crippen LogP contribution is -2.29. The number of aromatic nitrogens is 1. The number of anilines is 1. The van der Waals surface area contributed by atoms with Crippen LogP contribution in [-0.2, 0) is 9.59 Å². The molecule has 1 unspecified atom stereocenters. The molecule has 182 valence electrons. The van der Waals surface area contributed by atoms with Crippen LogP contribution >= 0.6 is 11.3 Å². The minimum Gasteiger partial charge on any atom is -0.507 e. The van der Waals surface area contributed by atoms with Gasteiger partial charge in [-0.05, 0) is 48.7 Å². The van der Waals surface area contributed by atoms with E-state index < -0.39 is 17.7 Å². The zero-order chi connectivity index (χ0) is 25.6. The number of ether oxygens (including phenoxy) is 2. The average molecular weight is 501 g/mol. The van der Waals surface area contributed by atoms with E-state index in [2.05, 4.69) is 0 Å². The van der Waals surface area contributed by atoms with Gasteiger partial charge in [-0.2, -0.15) is 0 Å². The van der Waals surface area contributed by atoms with Gasteiger partial charge < -0.3 is 14.6 Å². The molecule has 3 aromatic carbocycles. The molecule has 1 atom stereocenters. The van der Waals surface area contributed by atoms with E-state index in [1.165, 1.54) is 30.5 Å². The first-order valence-electron chi connectivity index (χ1n) is 11.3. The minimum absolute atomic E-state index is 0.00872. The van der Waals surface area contributed by atoms with Crippen LogP contribution in [0.25, 0.3) is 16.0 Å². The standard InChI is InChI=1S/C28H24N2O5S/c1-15-12-16(2)23-21(13-15)36-28(29-23)30-24(18-10-11-19(34-3)20(14-18)35-4)22(26(32)27(30)33)25(31)17-8-6-5-7-9-17/h5-14,24,31H,1-4H3/b25-22+. The molecule has 1 saturated heterocycles. The second-order valence-corrected chi connectivity index (χ2v) is 9.58. The van der Waals surface area contributed by atoms with Crippen LogP contribution in [0.3, 0.4) is 0 Å². The highest BCUT2D eigenvalue weighted by atomic mass is 32.1. The maximum absolute atomic E-state index is 13.5. The van der Waals surface area contributed by atoms with E-state index >= 15 is 0 Å². The molecule has 1 amide bonds. The maximum Gasteiger partial charge on any atom is 0.301 e. The number of carbonyl (C=O) groups excluding carboxylic acids is 2. The number of aliphatic hydroxyl groups is 1. The lowest BCUT2D eigenvalue weighted by molar-refractivity contribution is -0.132. The molecule has 0 spiro atoms. The van der Waals surface area contributed by atoms with Gasteiger partial charge in [0, 0.05) is 5.56 Å². The molecule has 1 fully saturated rings. The van der Waals surface area contributed by atoms with Crippen molar-refractivity contribution in [1.29, 1.82) is 0 Å². The highest BCUT2D eigenvalue weighted by Gasteiger charge is 2.48. The number of hydrogen-bond acceptors (Lipinski definition) is 7. The van der Waals surface area contributed by atoms with E-state index in [1.807, 2.05) is 32.0 Å². The Balaban J connectivity index is 1.76. The van der Waals surface area contributed by atoms with Crippen LogP contribution in [0.1, 0.15) is 28.3 Å². The Bertz CT molecular complexity index is 1540. The van der Waals surface area contributed by atoms with Crippen molar-refractivity contribution in [1.82, 2.24) is 4.98 Å². The van der Waals surface area contributed by atoms with Gasteiger partial charge in [-0.3, -0.25) is 14.5 Å². The highest BCUT2D eigenvalue weighted by molar-refractivity contribution is 7.22. The molecule has 0 bridgehead atoms. The van der Waals surface area contributed by atoms with Crippen LogP contribution < -0.4 is 14.4 Å². The molecule has 0 saturated carbocycles. The molecular formula is C28H24N2O5S. The molecular weight excluding hydrogens is 476 g/mol. The van der Waals surface area contributed by atoms with Crippen LogP contribution in [0, 0.1) is 13.8 Å². The van der Waals surface area contributed by atoms with Crippen molar-refractivity contribution >= 4 is 44.1 Å². The Morgan fingerprint density at radius 1 is 0.972 bits per heavy atom. The number of rotatable bonds is 5. The lowest BCUT2D eigenvalue weighted by atomic mass is 9.95. The van der Waals surface area contributed by atoms with Crippen molar-refractivity contribution in [3.8, 4) is 11.5 Å². The van der Waals surface area contributed by atoms with Crippen molar-refractivity contribution in [2.75, 3.05) is 19.1 Å². The number of thiazole rings is 1. The summed E-state index contributed by atoms with van der Waals surface area (Å²) < 4.78 is 11.8. The van der Waals surface area contributed by atoms with E-state index in [0.29, 0.717) is 27.8 Å². The van der Waals surface area contributed by atoms with Gasteiger partial charge in [-0.1, -0.05) is 53.8 Å². The Kier molecular flexibility index (Phi) is 5.97. The number of Topliss-reactive ketones (excluding diaryl/α,β-unsaturated/α-hetero) is 1. The van der Waals surface area contributed by atoms with Gasteiger partial charge in [0.2, 0.25) is 0 Å². The molecule has 7 nitrogen and oxygen atoms in total. The summed E-state index contributed by atoms with van der Waals surface area (Å²) in [5.74, 6) is -0.822. The number of nitrogens with zero attached hydrogens (tertiary/aromatic N) is 2. The SMILES string of the molecule is COc1ccc(C2/C(=C(\O)c3ccccc3)C(=O)C(=O)N2c2nc3c(C)cc(C)cc3s2)cc1OC. The van der Waals surface area contributed by atoms with Gasteiger partial charge >= 0.3 is 5.91 Å². The lowest BCUT2D eigenvalue weighted by Gasteiger charge is -2.23. The predicted molar refractivity (Wildman–Crippen MR) is 140 cm³/mol. The minimum atomic E-state index is -0.910. The Hall–Kier alpha value is -4.17. The largest absolute Gasteiger partial charge is 0.507 e. The fourth-order valence-corrected chi connectivity index (χ4v) is 5.75. The quantitative estimate of drug-likeness (QED) is 0.219. The van der Waals surface area contributed by atoms with E-state index in [0.717, 1.165) is 21.3 Å². The summed E-state index contributed by atoms with van der Waals surface area (Å²) in [7, 11) is 3.05. The summed E-state index contributed by atoms with van der Waals surface area (Å²) >= 11 is 1.34. The zero-order valence-corrected chi connectivity index (χ0v) is 21.1. The summed E-state index contributed by atoms with van der Waals surface area (Å²) in [5, 5.41) is 11.6. The summed E-state index contributed by atoms with van der Waals surface area (Å²) in [4.78, 5) is 33.0. The third kappa shape index (κ3) is 3.79. The number of aryl methyl sites for hydroxylation is 2. The molecule has 1 N–H and O–H groups in total. The van der Waals surface area contributed by atoms with Gasteiger partial charge in [0.1, 0.15) is 5.76 Å². The van der Waals surface area contributed by atoms with Crippen LogP contribution in [0.4, 0.5) is 5.13 Å². The maximum atomic E-state index is 13.5. The van der Waals surface area contributed by atoms with E-state index in [4.69, 9.17) is 14.5 Å². The van der Waals surface area contributed by atoms with Crippen molar-refractivity contribution in [3.05, 3.63) is 88.5 Å². The molecule has 8 heteroatoms. The van der Waals surface area contributed by atoms with Crippen molar-refractivity contribution in [3.63, 3.8) is 0 Å². The highest BCUT2D eigenvalue weighted by Crippen LogP contribution is 2.46. The number of hydrogen-bond donors (Lipinski definition) is 1. The molecule has 36 heavy (non-hydrogen) atoms. The molecule has 1 aliphatic rings. The first-order chi connectivity index (χ1) is 17.3. The topological polar surface area (TPSA) is 89.0 Å². The Morgan fingerprint density at radius 3 is 2.39 bits per heavy atom. The van der Waals surface area contributed by atoms with Crippen LogP contribution in [0.5, 0.6) is 11.5 Å². The van der Waals surface area contributed by atoms with E-state index in [9.17, 15) is 14.7 Å². The van der Waals surface area contributed by atoms with Crippen LogP contribution in [0.2, 0.25) is 0 Å². The third-order valence-electron chi connectivity index (χ3n) is 6.24. The number of amides is 1. The first-order valence-corrected chi connectivity index (χ1v) is 12.1. The summed E-state index contributed by atoms with van der Waals surface area (Å²) in [5.41, 5.74) is 3.85. The fourth-order valence-electron chi connectivity index (χ4n) is 4.58. The van der Waals surface area contributed by atoms with E-state index in [-0.39, 0.29) is 11.3 Å². The summed E-state index contributed by atoms with van der Waals surface area (Å²) in [6.45, 7) is 3.97.